The SMILES string of the molecule is NC(=NC(=O)OCc1ccccc1)N(C(=O)OCc1ccccc1)c1ccc(CC(N)C(=O)c2ccco2)cc1. The van der Waals surface area contributed by atoms with Gasteiger partial charge in [-0.2, -0.15) is 0 Å². The lowest BCUT2D eigenvalue weighted by atomic mass is 10.0. The first-order valence-electron chi connectivity index (χ1n) is 12.4. The van der Waals surface area contributed by atoms with Crippen molar-refractivity contribution in [2.24, 2.45) is 16.5 Å². The van der Waals surface area contributed by atoms with Crippen molar-refractivity contribution in [2.75, 3.05) is 4.90 Å². The van der Waals surface area contributed by atoms with Crippen LogP contribution in [0.5, 0.6) is 0 Å². The number of furan rings is 1. The van der Waals surface area contributed by atoms with Crippen LogP contribution in [0.3, 0.4) is 0 Å². The van der Waals surface area contributed by atoms with Gasteiger partial charge in [0.15, 0.2) is 5.76 Å². The van der Waals surface area contributed by atoms with E-state index in [1.165, 1.54) is 6.26 Å². The summed E-state index contributed by atoms with van der Waals surface area (Å²) >= 11 is 0. The number of ketones is 1. The summed E-state index contributed by atoms with van der Waals surface area (Å²) in [6.45, 7) is -0.0374. The summed E-state index contributed by atoms with van der Waals surface area (Å²) in [6, 6.07) is 27.0. The minimum Gasteiger partial charge on any atom is -0.461 e. The Kier molecular flexibility index (Phi) is 9.41. The van der Waals surface area contributed by atoms with Crippen molar-refractivity contribution < 1.29 is 28.3 Å². The number of carbonyl (C=O) groups excluding carboxylic acids is 3. The van der Waals surface area contributed by atoms with Gasteiger partial charge in [0.05, 0.1) is 18.0 Å². The van der Waals surface area contributed by atoms with Crippen molar-refractivity contribution in [1.29, 1.82) is 0 Å². The molecule has 4 rings (SSSR count). The predicted octanol–water partition coefficient (Wildman–Crippen LogP) is 4.83. The number of ether oxygens (including phenoxy) is 2. The highest BCUT2D eigenvalue weighted by Crippen LogP contribution is 2.19. The second kappa shape index (κ2) is 13.5. The van der Waals surface area contributed by atoms with Crippen molar-refractivity contribution >= 4 is 29.6 Å². The van der Waals surface area contributed by atoms with Crippen molar-refractivity contribution in [3.8, 4) is 0 Å². The molecule has 1 unspecified atom stereocenters. The number of hydrogen-bond acceptors (Lipinski definition) is 7. The third-order valence-electron chi connectivity index (χ3n) is 5.78. The number of rotatable bonds is 9. The average Bonchev–Trinajstić information content (AvgIpc) is 3.52. The van der Waals surface area contributed by atoms with Crippen molar-refractivity contribution in [3.63, 3.8) is 0 Å². The molecule has 10 heteroatoms. The van der Waals surface area contributed by atoms with Gasteiger partial charge in [-0.3, -0.25) is 4.79 Å². The van der Waals surface area contributed by atoms with E-state index in [0.29, 0.717) is 0 Å². The number of Topliss-reactive ketones (excluding diaryl/α,β-unsaturated/α-hetero) is 1. The molecule has 204 valence electrons. The Morgan fingerprint density at radius 2 is 1.38 bits per heavy atom. The minimum absolute atomic E-state index is 0.0133. The summed E-state index contributed by atoms with van der Waals surface area (Å²) < 4.78 is 15.7. The Hall–Kier alpha value is -5.22. The zero-order valence-electron chi connectivity index (χ0n) is 21.5. The van der Waals surface area contributed by atoms with E-state index in [4.69, 9.17) is 25.4 Å². The lowest BCUT2D eigenvalue weighted by Crippen LogP contribution is -2.43. The number of guanidine groups is 1. The Balaban J connectivity index is 1.49. The maximum Gasteiger partial charge on any atom is 0.437 e. The molecular formula is C30H28N4O6. The summed E-state index contributed by atoms with van der Waals surface area (Å²) in [6.07, 6.45) is -0.184. The molecular weight excluding hydrogens is 512 g/mol. The third-order valence-corrected chi connectivity index (χ3v) is 5.78. The molecule has 0 bridgehead atoms. The highest BCUT2D eigenvalue weighted by atomic mass is 16.6. The predicted molar refractivity (Wildman–Crippen MR) is 149 cm³/mol. The van der Waals surface area contributed by atoms with Gasteiger partial charge in [-0.15, -0.1) is 4.99 Å². The molecule has 0 spiro atoms. The molecule has 2 amide bonds. The molecule has 1 atom stereocenters. The standard InChI is InChI=1S/C30H28N4O6/c31-25(27(35)26-12-7-17-38-26)18-21-13-15-24(16-14-21)34(30(37)40-20-23-10-5-2-6-11-23)28(32)33-29(36)39-19-22-8-3-1-4-9-22/h1-17,25H,18-20,31H2,(H2,32,33,36). The van der Waals surface area contributed by atoms with Gasteiger partial charge in [0.1, 0.15) is 13.2 Å². The van der Waals surface area contributed by atoms with Gasteiger partial charge in [0, 0.05) is 0 Å². The summed E-state index contributed by atoms with van der Waals surface area (Å²) in [5, 5.41) is 0. The van der Waals surface area contributed by atoms with Crippen LogP contribution in [-0.2, 0) is 29.1 Å². The van der Waals surface area contributed by atoms with E-state index in [9.17, 15) is 14.4 Å². The number of anilines is 1. The molecule has 10 nitrogen and oxygen atoms in total. The summed E-state index contributed by atoms with van der Waals surface area (Å²) in [5.74, 6) is -0.584. The molecule has 0 saturated carbocycles. The molecule has 1 aromatic heterocycles. The monoisotopic (exact) mass is 540 g/mol. The number of nitrogens with zero attached hydrogens (tertiary/aromatic N) is 2. The highest BCUT2D eigenvalue weighted by Gasteiger charge is 2.24. The van der Waals surface area contributed by atoms with E-state index in [1.807, 2.05) is 36.4 Å². The van der Waals surface area contributed by atoms with Crippen LogP contribution >= 0.6 is 0 Å². The summed E-state index contributed by atoms with van der Waals surface area (Å²) in [7, 11) is 0. The lowest BCUT2D eigenvalue weighted by molar-refractivity contribution is 0.0933. The van der Waals surface area contributed by atoms with E-state index in [1.54, 1.807) is 60.7 Å². The van der Waals surface area contributed by atoms with Crippen molar-refractivity contribution in [1.82, 2.24) is 0 Å². The van der Waals surface area contributed by atoms with Crippen LogP contribution in [-0.4, -0.2) is 30.0 Å². The van der Waals surface area contributed by atoms with Gasteiger partial charge < -0.3 is 25.4 Å². The van der Waals surface area contributed by atoms with Gasteiger partial charge in [0.2, 0.25) is 11.7 Å². The van der Waals surface area contributed by atoms with Crippen molar-refractivity contribution in [2.45, 2.75) is 25.7 Å². The first-order chi connectivity index (χ1) is 19.4. The van der Waals surface area contributed by atoms with Crippen LogP contribution in [0.25, 0.3) is 0 Å². The normalized spacial score (nSPS) is 11.9. The third kappa shape index (κ3) is 7.65. The summed E-state index contributed by atoms with van der Waals surface area (Å²) in [5.41, 5.74) is 14.7. The molecule has 3 aromatic carbocycles. The first kappa shape index (κ1) is 27.8. The fourth-order valence-corrected chi connectivity index (χ4v) is 3.74. The molecule has 4 N–H and O–H groups in total. The van der Waals surface area contributed by atoms with Crippen LogP contribution in [0.15, 0.2) is 113 Å². The Morgan fingerprint density at radius 3 is 1.95 bits per heavy atom. The Morgan fingerprint density at radius 1 is 0.775 bits per heavy atom. The molecule has 0 aliphatic rings. The largest absolute Gasteiger partial charge is 0.461 e. The maximum absolute atomic E-state index is 13.1. The van der Waals surface area contributed by atoms with Crippen LogP contribution in [0, 0.1) is 0 Å². The molecule has 0 aliphatic heterocycles. The van der Waals surface area contributed by atoms with Crippen LogP contribution < -0.4 is 16.4 Å². The van der Waals surface area contributed by atoms with Crippen LogP contribution in [0.4, 0.5) is 15.3 Å². The second-order valence-corrected chi connectivity index (χ2v) is 8.70. The van der Waals surface area contributed by atoms with Gasteiger partial charge in [0.25, 0.3) is 0 Å². The molecule has 0 aliphatic carbocycles. The van der Waals surface area contributed by atoms with Gasteiger partial charge >= 0.3 is 12.2 Å². The molecule has 1 heterocycles. The Bertz CT molecular complexity index is 1440. The number of aliphatic imine (C=N–C) groups is 1. The highest BCUT2D eigenvalue weighted by molar-refractivity contribution is 6.15. The molecule has 0 saturated heterocycles. The van der Waals surface area contributed by atoms with Crippen molar-refractivity contribution in [3.05, 3.63) is 126 Å². The molecule has 40 heavy (non-hydrogen) atoms. The van der Waals surface area contributed by atoms with E-state index in [-0.39, 0.29) is 36.9 Å². The zero-order valence-corrected chi connectivity index (χ0v) is 21.5. The number of amides is 2. The molecule has 4 aromatic rings. The average molecular weight is 541 g/mol. The van der Waals surface area contributed by atoms with Gasteiger partial charge in [-0.05, 0) is 47.4 Å². The number of benzene rings is 3. The fraction of sp³-hybridized carbons (Fsp3) is 0.133. The minimum atomic E-state index is -0.971. The van der Waals surface area contributed by atoms with Gasteiger partial charge in [-0.25, -0.2) is 14.5 Å². The second-order valence-electron chi connectivity index (χ2n) is 8.70. The topological polar surface area (TPSA) is 150 Å². The fourth-order valence-electron chi connectivity index (χ4n) is 3.74. The van der Waals surface area contributed by atoms with Gasteiger partial charge in [-0.1, -0.05) is 72.8 Å². The number of carbonyl (C=O) groups is 3. The van der Waals surface area contributed by atoms with E-state index < -0.39 is 24.2 Å². The van der Waals surface area contributed by atoms with E-state index in [2.05, 4.69) is 4.99 Å². The quantitative estimate of drug-likeness (QED) is 0.174. The van der Waals surface area contributed by atoms with Crippen LogP contribution in [0.2, 0.25) is 0 Å². The maximum atomic E-state index is 13.1. The first-order valence-corrected chi connectivity index (χ1v) is 12.4. The summed E-state index contributed by atoms with van der Waals surface area (Å²) in [4.78, 5) is 42.6. The number of nitrogens with two attached hydrogens (primary N) is 2. The molecule has 0 fully saturated rings. The Labute approximate surface area is 230 Å². The molecule has 0 radical (unpaired) electrons. The lowest BCUT2D eigenvalue weighted by Gasteiger charge is -2.21. The zero-order chi connectivity index (χ0) is 28.3. The van der Waals surface area contributed by atoms with E-state index >= 15 is 0 Å². The van der Waals surface area contributed by atoms with E-state index in [0.717, 1.165) is 21.6 Å². The smallest absolute Gasteiger partial charge is 0.437 e. The van der Waals surface area contributed by atoms with Crippen LogP contribution in [0.1, 0.15) is 27.2 Å². The number of hydrogen-bond donors (Lipinski definition) is 2.